The maximum atomic E-state index is 13.6. The molecule has 2 aliphatic rings. The summed E-state index contributed by atoms with van der Waals surface area (Å²) in [6.07, 6.45) is 5.17. The molecule has 1 aromatic rings. The highest BCUT2D eigenvalue weighted by atomic mass is 79.9. The van der Waals surface area contributed by atoms with Gasteiger partial charge in [-0.2, -0.15) is 0 Å². The molecular weight excluding hydrogens is 474 g/mol. The molecule has 1 spiro atoms. The second kappa shape index (κ2) is 9.38. The van der Waals surface area contributed by atoms with Crippen molar-refractivity contribution in [2.45, 2.75) is 83.1 Å². The SMILES string of the molecule is C=C(OCC)[C@]1(N[S+]([O-])C(C)(C)C)c2cc(Br)ccc2C[C@]12CC[C@@H](OC)[C@H](CC)C2. The molecule has 4 nitrogen and oxygen atoms in total. The molecule has 0 saturated heterocycles. The van der Waals surface area contributed by atoms with Crippen molar-refractivity contribution in [2.75, 3.05) is 13.7 Å². The summed E-state index contributed by atoms with van der Waals surface area (Å²) >= 11 is 2.38. The van der Waals surface area contributed by atoms with Crippen LogP contribution in [-0.4, -0.2) is 29.1 Å². The zero-order valence-corrected chi connectivity index (χ0v) is 22.2. The monoisotopic (exact) mass is 511 g/mol. The van der Waals surface area contributed by atoms with Crippen molar-refractivity contribution in [2.24, 2.45) is 11.3 Å². The third-order valence-electron chi connectivity index (χ3n) is 7.25. The molecular formula is C25H38BrNO3S. The van der Waals surface area contributed by atoms with E-state index in [1.807, 2.05) is 34.8 Å². The fourth-order valence-electron chi connectivity index (χ4n) is 5.68. The van der Waals surface area contributed by atoms with E-state index in [-0.39, 0.29) is 11.5 Å². The molecule has 2 aliphatic carbocycles. The lowest BCUT2D eigenvalue weighted by Crippen LogP contribution is -2.61. The van der Waals surface area contributed by atoms with E-state index < -0.39 is 21.6 Å². The fourth-order valence-corrected chi connectivity index (χ4v) is 7.07. The fraction of sp³-hybridized carbons (Fsp3) is 0.680. The van der Waals surface area contributed by atoms with Gasteiger partial charge < -0.3 is 14.0 Å². The highest BCUT2D eigenvalue weighted by Crippen LogP contribution is 2.62. The van der Waals surface area contributed by atoms with E-state index >= 15 is 0 Å². The molecule has 0 heterocycles. The average molecular weight is 513 g/mol. The Hall–Kier alpha value is -0.530. The van der Waals surface area contributed by atoms with E-state index in [4.69, 9.17) is 9.47 Å². The summed E-state index contributed by atoms with van der Waals surface area (Å²) in [4.78, 5) is 0. The standard InChI is InChI=1S/C25H38BrNO3S/c1-8-18-15-24(13-12-22(18)29-7)16-19-10-11-20(26)14-21(19)25(24,17(3)30-9-2)27-31(28)23(4,5)6/h10-11,14,18,22,27H,3,8-9,12-13,15-16H2,1-2,4-7H3/t18-,22-,24-,25+,31?/m1/s1. The minimum atomic E-state index is -1.29. The van der Waals surface area contributed by atoms with Gasteiger partial charge in [-0.15, -0.1) is 4.72 Å². The smallest absolute Gasteiger partial charge is 0.151 e. The Kier molecular flexibility index (Phi) is 7.59. The predicted octanol–water partition coefficient (Wildman–Crippen LogP) is 6.01. The van der Waals surface area contributed by atoms with Crippen LogP contribution in [0.4, 0.5) is 0 Å². The number of methoxy groups -OCH3 is 1. The van der Waals surface area contributed by atoms with Crippen LogP contribution in [0.5, 0.6) is 0 Å². The normalized spacial score (nSPS) is 31.5. The minimum absolute atomic E-state index is 0.168. The summed E-state index contributed by atoms with van der Waals surface area (Å²) in [5.74, 6) is 1.12. The van der Waals surface area contributed by atoms with Gasteiger partial charge in [0.15, 0.2) is 5.54 Å². The van der Waals surface area contributed by atoms with Gasteiger partial charge in [0.2, 0.25) is 0 Å². The molecule has 3 rings (SSSR count). The number of hydrogen-bond donors (Lipinski definition) is 1. The van der Waals surface area contributed by atoms with Crippen LogP contribution < -0.4 is 4.72 Å². The van der Waals surface area contributed by atoms with E-state index in [0.717, 1.165) is 42.1 Å². The quantitative estimate of drug-likeness (QED) is 0.359. The summed E-state index contributed by atoms with van der Waals surface area (Å²) in [5.41, 5.74) is 1.54. The molecule has 0 aliphatic heterocycles. The number of benzene rings is 1. The molecule has 5 atom stereocenters. The zero-order valence-electron chi connectivity index (χ0n) is 19.8. The highest BCUT2D eigenvalue weighted by Gasteiger charge is 2.64. The first-order valence-electron chi connectivity index (χ1n) is 11.4. The summed E-state index contributed by atoms with van der Waals surface area (Å²) in [7, 11) is 1.82. The number of halogens is 1. The Bertz CT molecular complexity index is 810. The summed E-state index contributed by atoms with van der Waals surface area (Å²) < 4.78 is 29.8. The van der Waals surface area contributed by atoms with Crippen molar-refractivity contribution < 1.29 is 14.0 Å². The van der Waals surface area contributed by atoms with Gasteiger partial charge >= 0.3 is 0 Å². The maximum absolute atomic E-state index is 13.6. The minimum Gasteiger partial charge on any atom is -0.598 e. The van der Waals surface area contributed by atoms with Crippen LogP contribution in [-0.2, 0) is 32.8 Å². The number of nitrogens with one attached hydrogen (secondary N) is 1. The average Bonchev–Trinajstić information content (AvgIpc) is 2.96. The molecule has 0 amide bonds. The molecule has 174 valence electrons. The number of hydrogen-bond acceptors (Lipinski definition) is 4. The number of ether oxygens (including phenoxy) is 2. The van der Waals surface area contributed by atoms with Crippen molar-refractivity contribution in [3.8, 4) is 0 Å². The molecule has 1 fully saturated rings. The highest BCUT2D eigenvalue weighted by molar-refractivity contribution is 9.10. The van der Waals surface area contributed by atoms with Crippen LogP contribution in [0.15, 0.2) is 35.0 Å². The van der Waals surface area contributed by atoms with E-state index in [9.17, 15) is 4.55 Å². The third kappa shape index (κ3) is 4.35. The summed E-state index contributed by atoms with van der Waals surface area (Å²) in [5, 5.41) is 0. The van der Waals surface area contributed by atoms with E-state index in [1.54, 1.807) is 0 Å². The molecule has 0 aromatic heterocycles. The van der Waals surface area contributed by atoms with Gasteiger partial charge in [-0.25, -0.2) is 0 Å². The van der Waals surface area contributed by atoms with Crippen LogP contribution in [0.25, 0.3) is 0 Å². The van der Waals surface area contributed by atoms with Crippen LogP contribution in [0, 0.1) is 11.3 Å². The molecule has 31 heavy (non-hydrogen) atoms. The molecule has 1 saturated carbocycles. The Morgan fingerprint density at radius 3 is 2.65 bits per heavy atom. The van der Waals surface area contributed by atoms with Gasteiger partial charge in [-0.3, -0.25) is 0 Å². The molecule has 0 radical (unpaired) electrons. The van der Waals surface area contributed by atoms with Gasteiger partial charge in [0, 0.05) is 28.4 Å². The second-order valence-electron chi connectivity index (χ2n) is 10.0. The van der Waals surface area contributed by atoms with Crippen LogP contribution in [0.2, 0.25) is 0 Å². The van der Waals surface area contributed by atoms with E-state index in [1.165, 1.54) is 5.56 Å². The van der Waals surface area contributed by atoms with Gasteiger partial charge in [0.05, 0.1) is 12.7 Å². The molecule has 1 N–H and O–H groups in total. The molecule has 6 heteroatoms. The lowest BCUT2D eigenvalue weighted by atomic mass is 9.58. The lowest BCUT2D eigenvalue weighted by molar-refractivity contribution is -0.0547. The summed E-state index contributed by atoms with van der Waals surface area (Å²) in [6.45, 7) is 15.2. The number of fused-ring (bicyclic) bond motifs is 1. The zero-order chi connectivity index (χ0) is 23.0. The van der Waals surface area contributed by atoms with Crippen LogP contribution in [0.3, 0.4) is 0 Å². The lowest BCUT2D eigenvalue weighted by Gasteiger charge is -2.52. The van der Waals surface area contributed by atoms with Gasteiger partial charge in [-0.1, -0.05) is 41.9 Å². The van der Waals surface area contributed by atoms with Crippen molar-refractivity contribution in [3.05, 3.63) is 46.1 Å². The van der Waals surface area contributed by atoms with Gasteiger partial charge in [0.25, 0.3) is 0 Å². The first-order chi connectivity index (χ1) is 14.5. The Morgan fingerprint density at radius 1 is 1.35 bits per heavy atom. The van der Waals surface area contributed by atoms with Crippen molar-refractivity contribution >= 4 is 27.3 Å². The second-order valence-corrected chi connectivity index (χ2v) is 12.9. The number of rotatable bonds is 7. The van der Waals surface area contributed by atoms with E-state index in [0.29, 0.717) is 18.3 Å². The largest absolute Gasteiger partial charge is 0.598 e. The van der Waals surface area contributed by atoms with Crippen LogP contribution >= 0.6 is 15.9 Å². The molecule has 1 unspecified atom stereocenters. The first kappa shape index (κ1) is 25.1. The van der Waals surface area contributed by atoms with Crippen LogP contribution in [0.1, 0.15) is 71.4 Å². The van der Waals surface area contributed by atoms with E-state index in [2.05, 4.69) is 52.4 Å². The first-order valence-corrected chi connectivity index (χ1v) is 13.3. The Morgan fingerprint density at radius 2 is 2.06 bits per heavy atom. The van der Waals surface area contributed by atoms with Crippen molar-refractivity contribution in [1.29, 1.82) is 0 Å². The predicted molar refractivity (Wildman–Crippen MR) is 132 cm³/mol. The van der Waals surface area contributed by atoms with Crippen molar-refractivity contribution in [3.63, 3.8) is 0 Å². The van der Waals surface area contributed by atoms with Crippen molar-refractivity contribution in [1.82, 2.24) is 4.72 Å². The topological polar surface area (TPSA) is 53.5 Å². The molecule has 1 aromatic carbocycles. The summed E-state index contributed by atoms with van der Waals surface area (Å²) in [6, 6.07) is 6.47. The Labute approximate surface area is 200 Å². The maximum Gasteiger partial charge on any atom is 0.151 e. The third-order valence-corrected chi connectivity index (χ3v) is 9.35. The molecule has 0 bridgehead atoms. The van der Waals surface area contributed by atoms with Gasteiger partial charge in [0.1, 0.15) is 10.5 Å². The Balaban J connectivity index is 2.22. The van der Waals surface area contributed by atoms with Gasteiger partial charge in [-0.05, 0) is 82.6 Å².